The van der Waals surface area contributed by atoms with Crippen molar-refractivity contribution in [1.29, 1.82) is 0 Å². The van der Waals surface area contributed by atoms with E-state index >= 15 is 19.2 Å². The molecule has 0 aliphatic heterocycles. The molecule has 16 nitrogen and oxygen atoms in total. The van der Waals surface area contributed by atoms with Crippen LogP contribution in [-0.4, -0.2) is 94.1 Å². The van der Waals surface area contributed by atoms with E-state index in [0.717, 1.165) is 0 Å². The summed E-state index contributed by atoms with van der Waals surface area (Å²) in [4.78, 5) is 115. The first-order chi connectivity index (χ1) is 32.8. The fourth-order valence-corrected chi connectivity index (χ4v) is 7.58. The monoisotopic (exact) mass is 1010 g/mol. The first kappa shape index (κ1) is 62.3. The Labute approximate surface area is 428 Å². The second-order valence-corrected chi connectivity index (χ2v) is 24.2. The van der Waals surface area contributed by atoms with Gasteiger partial charge >= 0.3 is 23.9 Å². The van der Waals surface area contributed by atoms with Gasteiger partial charge in [-0.15, -0.1) is 0 Å². The van der Waals surface area contributed by atoms with Crippen LogP contribution in [0.5, 0.6) is 0 Å². The highest BCUT2D eigenvalue weighted by molar-refractivity contribution is 6.17. The lowest BCUT2D eigenvalue weighted by molar-refractivity contribution is -0.158. The molecule has 72 heavy (non-hydrogen) atoms. The molecule has 0 radical (unpaired) electrons. The molecule has 0 saturated carbocycles. The molecule has 0 aromatic heterocycles. The number of hydrogen-bond donors (Lipinski definition) is 4. The van der Waals surface area contributed by atoms with Gasteiger partial charge in [0.25, 0.3) is 23.6 Å². The highest BCUT2D eigenvalue weighted by Crippen LogP contribution is 2.36. The van der Waals surface area contributed by atoms with Gasteiger partial charge < -0.3 is 40.2 Å². The average molecular weight is 1010 g/mol. The van der Waals surface area contributed by atoms with E-state index in [1.807, 2.05) is 55.4 Å². The molecule has 4 N–H and O–H groups in total. The molecule has 2 aromatic carbocycles. The molecule has 0 unspecified atom stereocenters. The van der Waals surface area contributed by atoms with Crippen molar-refractivity contribution in [2.75, 3.05) is 0 Å². The topological polar surface area (TPSA) is 222 Å². The second-order valence-electron chi connectivity index (χ2n) is 24.2. The molecule has 16 heteroatoms. The molecule has 0 spiro atoms. The predicted octanol–water partition coefficient (Wildman–Crippen LogP) is 9.30. The number of nitrogens with one attached hydrogen (secondary N) is 4. The van der Waals surface area contributed by atoms with E-state index in [4.69, 9.17) is 18.9 Å². The lowest BCUT2D eigenvalue weighted by Gasteiger charge is -2.28. The molecule has 0 heterocycles. The maximum Gasteiger partial charge on any atom is 0.329 e. The zero-order chi connectivity index (χ0) is 55.4. The molecule has 2 aromatic rings. The summed E-state index contributed by atoms with van der Waals surface area (Å²) in [5.41, 5.74) is -5.15. The summed E-state index contributed by atoms with van der Waals surface area (Å²) >= 11 is 0. The third-order valence-electron chi connectivity index (χ3n) is 10.2. The zero-order valence-electron chi connectivity index (χ0n) is 46.8. The van der Waals surface area contributed by atoms with Crippen LogP contribution in [0.25, 0.3) is 11.1 Å². The fourth-order valence-electron chi connectivity index (χ4n) is 7.58. The van der Waals surface area contributed by atoms with Crippen LogP contribution in [-0.2, 0) is 38.1 Å². The van der Waals surface area contributed by atoms with Crippen LogP contribution in [0.15, 0.2) is 36.4 Å². The third-order valence-corrected chi connectivity index (χ3v) is 10.2. The van der Waals surface area contributed by atoms with Crippen LogP contribution in [0, 0.1) is 23.7 Å². The molecule has 0 saturated heterocycles. The van der Waals surface area contributed by atoms with Gasteiger partial charge in [-0.1, -0.05) is 67.5 Å². The second kappa shape index (κ2) is 25.7. The number of rotatable bonds is 21. The molecule has 4 amide bonds. The number of carbonyl (C=O) groups excluding carboxylic acids is 8. The number of hydrogen-bond acceptors (Lipinski definition) is 12. The quantitative estimate of drug-likeness (QED) is 0.0679. The van der Waals surface area contributed by atoms with Crippen molar-refractivity contribution in [2.24, 2.45) is 23.7 Å². The largest absolute Gasteiger partial charge is 0.458 e. The van der Waals surface area contributed by atoms with Crippen molar-refractivity contribution in [2.45, 2.75) is 211 Å². The Morgan fingerprint density at radius 3 is 0.653 bits per heavy atom. The molecular weight excluding hydrogens is 921 g/mol. The van der Waals surface area contributed by atoms with Gasteiger partial charge in [0.05, 0.1) is 0 Å². The van der Waals surface area contributed by atoms with Crippen LogP contribution in [0.3, 0.4) is 0 Å². The van der Waals surface area contributed by atoms with Crippen molar-refractivity contribution < 1.29 is 57.3 Å². The molecule has 0 bridgehead atoms. The standard InChI is InChI=1S/C56H86N4O12/c1-31(2)27-39(49(65)69-53(9,10)11)57-45(61)35-23-21-24-36(46(62)58-40(28-32(3)4)50(66)70-54(12,13)14)43(35)44-37(47(63)59-41(29-33(5)6)51(67)71-55(15,16)17)25-22-26-38(44)48(64)60-42(30-34(7)8)52(68)72-56(18,19)20/h21-26,31-34,39-42H,27-30H2,1-20H3,(H,57,61)(H,58,62)(H,59,63)(H,60,64)/t39-,40-,41-,42-/m0/s1. The number of carbonyl (C=O) groups is 8. The van der Waals surface area contributed by atoms with Gasteiger partial charge in [0.15, 0.2) is 0 Å². The van der Waals surface area contributed by atoms with Crippen LogP contribution < -0.4 is 21.3 Å². The first-order valence-corrected chi connectivity index (χ1v) is 25.2. The Morgan fingerprint density at radius 2 is 0.514 bits per heavy atom. The van der Waals surface area contributed by atoms with Gasteiger partial charge in [-0.3, -0.25) is 19.2 Å². The summed E-state index contributed by atoms with van der Waals surface area (Å²) in [5, 5.41) is 11.2. The van der Waals surface area contributed by atoms with E-state index in [-0.39, 0.29) is 82.7 Å². The lowest BCUT2D eigenvalue weighted by atomic mass is 9.85. The fraction of sp³-hybridized carbons (Fsp3) is 0.643. The SMILES string of the molecule is CC(C)C[C@H](NC(=O)c1cccc(C(=O)N[C@@H](CC(C)C)C(=O)OC(C)(C)C)c1-c1c(C(=O)N[C@@H](CC(C)C)C(=O)OC(C)(C)C)cccc1C(=O)N[C@@H](CC(C)C)C(=O)OC(C)(C)C)C(=O)OC(C)(C)C. The van der Waals surface area contributed by atoms with Gasteiger partial charge in [0.2, 0.25) is 0 Å². The van der Waals surface area contributed by atoms with Gasteiger partial charge in [-0.2, -0.15) is 0 Å². The summed E-state index contributed by atoms with van der Waals surface area (Å²) < 4.78 is 22.9. The van der Waals surface area contributed by atoms with Crippen molar-refractivity contribution in [3.8, 4) is 11.1 Å². The van der Waals surface area contributed by atoms with Crippen LogP contribution in [0.4, 0.5) is 0 Å². The number of amides is 4. The van der Waals surface area contributed by atoms with Crippen molar-refractivity contribution in [1.82, 2.24) is 21.3 Å². The number of ether oxygens (including phenoxy) is 4. The van der Waals surface area contributed by atoms with E-state index in [1.165, 1.54) is 36.4 Å². The third kappa shape index (κ3) is 21.1. The van der Waals surface area contributed by atoms with Crippen LogP contribution >= 0.6 is 0 Å². The molecule has 402 valence electrons. The summed E-state index contributed by atoms with van der Waals surface area (Å²) in [5.74, 6) is -6.82. The van der Waals surface area contributed by atoms with Gasteiger partial charge in [0, 0.05) is 33.4 Å². The molecular formula is C56H86N4O12. The Bertz CT molecular complexity index is 1950. The number of esters is 4. The number of benzene rings is 2. The Hall–Kier alpha value is -5.80. The van der Waals surface area contributed by atoms with Crippen LogP contribution in [0.1, 0.15) is 206 Å². The first-order valence-electron chi connectivity index (χ1n) is 25.2. The normalized spacial score (nSPS) is 13.9. The van der Waals surface area contributed by atoms with E-state index in [2.05, 4.69) is 21.3 Å². The van der Waals surface area contributed by atoms with Gasteiger partial charge in [-0.25, -0.2) is 19.2 Å². The minimum atomic E-state index is -1.19. The van der Waals surface area contributed by atoms with Gasteiger partial charge in [0.1, 0.15) is 46.6 Å². The Kier molecular flexibility index (Phi) is 22.3. The zero-order valence-corrected chi connectivity index (χ0v) is 46.8. The smallest absolute Gasteiger partial charge is 0.329 e. The van der Waals surface area contributed by atoms with E-state index in [0.29, 0.717) is 0 Å². The maximum atomic E-state index is 15.1. The van der Waals surface area contributed by atoms with Crippen molar-refractivity contribution in [3.05, 3.63) is 58.7 Å². The molecule has 4 atom stereocenters. The lowest BCUT2D eigenvalue weighted by Crippen LogP contribution is -2.46. The minimum Gasteiger partial charge on any atom is -0.458 e. The maximum absolute atomic E-state index is 15.1. The summed E-state index contributed by atoms with van der Waals surface area (Å²) in [7, 11) is 0. The highest BCUT2D eigenvalue weighted by atomic mass is 16.6. The molecule has 2 rings (SSSR count). The Morgan fingerprint density at radius 1 is 0.347 bits per heavy atom. The summed E-state index contributed by atoms with van der Waals surface area (Å²) in [6, 6.07) is 3.59. The van der Waals surface area contributed by atoms with E-state index in [9.17, 15) is 19.2 Å². The summed E-state index contributed by atoms with van der Waals surface area (Å²) in [6.07, 6.45) is 0.609. The van der Waals surface area contributed by atoms with Gasteiger partial charge in [-0.05, 0) is 157 Å². The van der Waals surface area contributed by atoms with Crippen molar-refractivity contribution in [3.63, 3.8) is 0 Å². The molecule has 0 aliphatic rings. The van der Waals surface area contributed by atoms with Crippen molar-refractivity contribution >= 4 is 47.5 Å². The summed E-state index contributed by atoms with van der Waals surface area (Å²) in [6.45, 7) is 35.3. The van der Waals surface area contributed by atoms with E-state index in [1.54, 1.807) is 83.1 Å². The molecule has 0 aliphatic carbocycles. The average Bonchev–Trinajstić information content (AvgIpc) is 3.18. The van der Waals surface area contributed by atoms with Crippen LogP contribution in [0.2, 0.25) is 0 Å². The minimum absolute atomic E-state index is 0.114. The highest BCUT2D eigenvalue weighted by Gasteiger charge is 2.37. The molecule has 0 fully saturated rings. The Balaban J connectivity index is 3.30. The predicted molar refractivity (Wildman–Crippen MR) is 278 cm³/mol. The van der Waals surface area contributed by atoms with E-state index < -0.39 is 94.1 Å².